The molecule has 0 radical (unpaired) electrons. The summed E-state index contributed by atoms with van der Waals surface area (Å²) < 4.78 is 16.2. The Labute approximate surface area is 171 Å². The van der Waals surface area contributed by atoms with E-state index in [1.54, 1.807) is 11.8 Å². The van der Waals surface area contributed by atoms with E-state index in [0.717, 1.165) is 30.7 Å². The van der Waals surface area contributed by atoms with Crippen LogP contribution in [0.2, 0.25) is 0 Å². The summed E-state index contributed by atoms with van der Waals surface area (Å²) >= 11 is 0. The molecule has 2 atom stereocenters. The SMILES string of the molecule is CC(OCC1CCCO1)C(=O)OCC(=O)N(Cc1ccccc1)c1ccccc1. The van der Waals surface area contributed by atoms with Crippen LogP contribution in [-0.2, 0) is 30.3 Å². The fourth-order valence-electron chi connectivity index (χ4n) is 3.12. The maximum absolute atomic E-state index is 12.8. The molecule has 1 amide bonds. The molecule has 29 heavy (non-hydrogen) atoms. The number of carbonyl (C=O) groups excluding carboxylic acids is 2. The number of nitrogens with zero attached hydrogens (tertiary/aromatic N) is 1. The van der Waals surface area contributed by atoms with Crippen molar-refractivity contribution < 1.29 is 23.8 Å². The Morgan fingerprint density at radius 2 is 1.79 bits per heavy atom. The van der Waals surface area contributed by atoms with Crippen molar-refractivity contribution in [1.82, 2.24) is 0 Å². The van der Waals surface area contributed by atoms with Gasteiger partial charge in [-0.3, -0.25) is 4.79 Å². The van der Waals surface area contributed by atoms with Crippen molar-refractivity contribution in [2.24, 2.45) is 0 Å². The van der Waals surface area contributed by atoms with Crippen LogP contribution in [0.3, 0.4) is 0 Å². The molecule has 0 spiro atoms. The monoisotopic (exact) mass is 397 g/mol. The van der Waals surface area contributed by atoms with Gasteiger partial charge in [0.2, 0.25) is 0 Å². The third-order valence-corrected chi connectivity index (χ3v) is 4.78. The Kier molecular flexibility index (Phi) is 7.78. The van der Waals surface area contributed by atoms with Crippen molar-refractivity contribution in [3.05, 3.63) is 66.2 Å². The summed E-state index contributed by atoms with van der Waals surface area (Å²) in [5, 5.41) is 0. The van der Waals surface area contributed by atoms with Gasteiger partial charge >= 0.3 is 5.97 Å². The number of anilines is 1. The second-order valence-corrected chi connectivity index (χ2v) is 7.02. The first-order valence-electron chi connectivity index (χ1n) is 9.92. The number of esters is 1. The summed E-state index contributed by atoms with van der Waals surface area (Å²) in [6, 6.07) is 19.0. The summed E-state index contributed by atoms with van der Waals surface area (Å²) in [4.78, 5) is 26.7. The van der Waals surface area contributed by atoms with E-state index in [0.29, 0.717) is 13.2 Å². The average Bonchev–Trinajstić information content (AvgIpc) is 3.29. The number of hydrogen-bond acceptors (Lipinski definition) is 5. The van der Waals surface area contributed by atoms with Gasteiger partial charge in [-0.15, -0.1) is 0 Å². The smallest absolute Gasteiger partial charge is 0.335 e. The van der Waals surface area contributed by atoms with E-state index >= 15 is 0 Å². The van der Waals surface area contributed by atoms with E-state index in [-0.39, 0.29) is 18.6 Å². The van der Waals surface area contributed by atoms with Crippen molar-refractivity contribution in [2.75, 3.05) is 24.7 Å². The Hall–Kier alpha value is -2.70. The number of benzene rings is 2. The lowest BCUT2D eigenvalue weighted by atomic mass is 10.2. The Morgan fingerprint density at radius 1 is 1.10 bits per heavy atom. The highest BCUT2D eigenvalue weighted by molar-refractivity contribution is 5.95. The minimum Gasteiger partial charge on any atom is -0.454 e. The lowest BCUT2D eigenvalue weighted by Gasteiger charge is -2.23. The zero-order chi connectivity index (χ0) is 20.5. The number of carbonyl (C=O) groups is 2. The van der Waals surface area contributed by atoms with Gasteiger partial charge in [0.25, 0.3) is 5.91 Å². The van der Waals surface area contributed by atoms with Crippen LogP contribution < -0.4 is 4.90 Å². The molecule has 0 N–H and O–H groups in total. The molecule has 2 aromatic rings. The quantitative estimate of drug-likeness (QED) is 0.607. The molecule has 1 aliphatic rings. The summed E-state index contributed by atoms with van der Waals surface area (Å²) in [6.45, 7) is 2.77. The van der Waals surface area contributed by atoms with Crippen molar-refractivity contribution in [1.29, 1.82) is 0 Å². The summed E-state index contributed by atoms with van der Waals surface area (Å²) in [5.41, 5.74) is 1.74. The summed E-state index contributed by atoms with van der Waals surface area (Å²) in [6.07, 6.45) is 1.24. The van der Waals surface area contributed by atoms with Gasteiger partial charge in [0.15, 0.2) is 12.7 Å². The lowest BCUT2D eigenvalue weighted by Crippen LogP contribution is -2.36. The Balaban J connectivity index is 1.55. The number of amides is 1. The average molecular weight is 397 g/mol. The van der Waals surface area contributed by atoms with Crippen LogP contribution in [0.15, 0.2) is 60.7 Å². The molecule has 1 fully saturated rings. The minimum absolute atomic E-state index is 0.0336. The first-order valence-corrected chi connectivity index (χ1v) is 9.92. The predicted molar refractivity (Wildman–Crippen MR) is 109 cm³/mol. The lowest BCUT2D eigenvalue weighted by molar-refractivity contribution is -0.160. The van der Waals surface area contributed by atoms with E-state index < -0.39 is 12.1 Å². The first-order chi connectivity index (χ1) is 14.1. The molecule has 0 aliphatic carbocycles. The highest BCUT2D eigenvalue weighted by Crippen LogP contribution is 2.17. The van der Waals surface area contributed by atoms with Crippen LogP contribution >= 0.6 is 0 Å². The van der Waals surface area contributed by atoms with Crippen LogP contribution in [0.5, 0.6) is 0 Å². The van der Waals surface area contributed by atoms with Gasteiger partial charge in [-0.1, -0.05) is 48.5 Å². The fourth-order valence-corrected chi connectivity index (χ4v) is 3.12. The third-order valence-electron chi connectivity index (χ3n) is 4.78. The molecule has 6 nitrogen and oxygen atoms in total. The normalized spacial score (nSPS) is 16.9. The van der Waals surface area contributed by atoms with Crippen molar-refractivity contribution in [3.8, 4) is 0 Å². The van der Waals surface area contributed by atoms with Crippen LogP contribution in [0.4, 0.5) is 5.69 Å². The fraction of sp³-hybridized carbons (Fsp3) is 0.391. The van der Waals surface area contributed by atoms with E-state index in [1.807, 2.05) is 60.7 Å². The number of ether oxygens (including phenoxy) is 3. The second kappa shape index (κ2) is 10.7. The molecule has 0 aromatic heterocycles. The number of rotatable bonds is 9. The van der Waals surface area contributed by atoms with Crippen LogP contribution in [0, 0.1) is 0 Å². The summed E-state index contributed by atoms with van der Waals surface area (Å²) in [7, 11) is 0. The zero-order valence-electron chi connectivity index (χ0n) is 16.7. The van der Waals surface area contributed by atoms with Crippen molar-refractivity contribution in [3.63, 3.8) is 0 Å². The predicted octanol–water partition coefficient (Wildman–Crippen LogP) is 3.35. The maximum Gasteiger partial charge on any atom is 0.335 e. The molecular weight excluding hydrogens is 370 g/mol. The van der Waals surface area contributed by atoms with E-state index in [9.17, 15) is 9.59 Å². The van der Waals surface area contributed by atoms with Crippen LogP contribution in [-0.4, -0.2) is 43.9 Å². The molecule has 6 heteroatoms. The van der Waals surface area contributed by atoms with Gasteiger partial charge in [-0.25, -0.2) is 4.79 Å². The zero-order valence-corrected chi connectivity index (χ0v) is 16.7. The van der Waals surface area contributed by atoms with Gasteiger partial charge in [0.05, 0.1) is 19.3 Å². The van der Waals surface area contributed by atoms with Crippen molar-refractivity contribution in [2.45, 2.75) is 38.5 Å². The molecule has 3 rings (SSSR count). The second-order valence-electron chi connectivity index (χ2n) is 7.02. The molecule has 2 unspecified atom stereocenters. The highest BCUT2D eigenvalue weighted by atomic mass is 16.6. The molecule has 2 aromatic carbocycles. The van der Waals surface area contributed by atoms with Crippen LogP contribution in [0.1, 0.15) is 25.3 Å². The molecule has 0 saturated carbocycles. The van der Waals surface area contributed by atoms with Gasteiger partial charge in [-0.05, 0) is 37.5 Å². The Morgan fingerprint density at radius 3 is 2.45 bits per heavy atom. The molecule has 1 aliphatic heterocycles. The number of para-hydroxylation sites is 1. The van der Waals surface area contributed by atoms with E-state index in [1.165, 1.54) is 0 Å². The molecular formula is C23H27NO5. The molecule has 154 valence electrons. The number of hydrogen-bond donors (Lipinski definition) is 0. The molecule has 1 saturated heterocycles. The largest absolute Gasteiger partial charge is 0.454 e. The van der Waals surface area contributed by atoms with E-state index in [4.69, 9.17) is 14.2 Å². The molecule has 1 heterocycles. The Bertz CT molecular complexity index is 774. The van der Waals surface area contributed by atoms with Crippen LogP contribution in [0.25, 0.3) is 0 Å². The third kappa shape index (κ3) is 6.41. The maximum atomic E-state index is 12.8. The molecule has 0 bridgehead atoms. The highest BCUT2D eigenvalue weighted by Gasteiger charge is 2.23. The van der Waals surface area contributed by atoms with Crippen molar-refractivity contribution >= 4 is 17.6 Å². The van der Waals surface area contributed by atoms with Gasteiger partial charge in [-0.2, -0.15) is 0 Å². The minimum atomic E-state index is -0.744. The topological polar surface area (TPSA) is 65.1 Å². The van der Waals surface area contributed by atoms with E-state index in [2.05, 4.69) is 0 Å². The standard InChI is InChI=1S/C23H27NO5/c1-18(28-16-21-13-8-14-27-21)23(26)29-17-22(25)24(20-11-6-3-7-12-20)15-19-9-4-2-5-10-19/h2-7,9-12,18,21H,8,13-17H2,1H3. The first kappa shape index (κ1) is 21.0. The van der Waals surface area contributed by atoms with Gasteiger partial charge in [0.1, 0.15) is 0 Å². The summed E-state index contributed by atoms with van der Waals surface area (Å²) in [5.74, 6) is -0.844. The van der Waals surface area contributed by atoms with Gasteiger partial charge < -0.3 is 19.1 Å². The van der Waals surface area contributed by atoms with Gasteiger partial charge in [0, 0.05) is 12.3 Å².